The Morgan fingerprint density at radius 3 is 2.07 bits per heavy atom. The lowest BCUT2D eigenvalue weighted by Crippen LogP contribution is -2.32. The highest BCUT2D eigenvalue weighted by molar-refractivity contribution is 6.09. The summed E-state index contributed by atoms with van der Waals surface area (Å²) in [5.41, 5.74) is 0.479. The van der Waals surface area contributed by atoms with Crippen molar-refractivity contribution in [3.05, 3.63) is 94.5 Å². The van der Waals surface area contributed by atoms with Crippen molar-refractivity contribution in [3.8, 4) is 46.0 Å². The number of carbonyl (C=O) groups is 2. The Hall–Kier alpha value is -5.38. The normalized spacial score (nSPS) is 19.5. The van der Waals surface area contributed by atoms with Gasteiger partial charge in [-0.1, -0.05) is 24.3 Å². The van der Waals surface area contributed by atoms with Crippen LogP contribution in [0, 0.1) is 0 Å². The van der Waals surface area contributed by atoms with Crippen molar-refractivity contribution >= 4 is 11.6 Å². The highest BCUT2D eigenvalue weighted by Gasteiger charge is 2.46. The molecule has 0 saturated carbocycles. The van der Waals surface area contributed by atoms with Crippen LogP contribution in [0.2, 0.25) is 0 Å². The summed E-state index contributed by atoms with van der Waals surface area (Å²) in [6.07, 6.45) is -2.09. The first-order chi connectivity index (χ1) is 19.7. The van der Waals surface area contributed by atoms with Crippen LogP contribution < -0.4 is 14.2 Å². The predicted molar refractivity (Wildman–Crippen MR) is 143 cm³/mol. The number of phenols is 5. The fourth-order valence-electron chi connectivity index (χ4n) is 5.43. The van der Waals surface area contributed by atoms with Crippen molar-refractivity contribution in [2.45, 2.75) is 24.5 Å². The maximum absolute atomic E-state index is 14.1. The molecular formula is C31H24O10. The molecule has 0 fully saturated rings. The number of phenolic OH excluding ortho intramolecular Hbond substituents is 5. The Bertz CT molecular complexity index is 1690. The van der Waals surface area contributed by atoms with E-state index in [9.17, 15) is 35.1 Å². The van der Waals surface area contributed by atoms with Gasteiger partial charge in [-0.25, -0.2) is 0 Å². The average Bonchev–Trinajstić information content (AvgIpc) is 2.93. The maximum atomic E-state index is 14.1. The average molecular weight is 557 g/mol. The van der Waals surface area contributed by atoms with Crippen LogP contribution in [-0.4, -0.2) is 44.2 Å². The van der Waals surface area contributed by atoms with Gasteiger partial charge in [0.25, 0.3) is 0 Å². The van der Waals surface area contributed by atoms with E-state index in [0.29, 0.717) is 16.9 Å². The summed E-state index contributed by atoms with van der Waals surface area (Å²) in [5, 5.41) is 52.4. The van der Waals surface area contributed by atoms with E-state index in [0.717, 1.165) is 12.1 Å². The van der Waals surface area contributed by atoms with Crippen molar-refractivity contribution < 1.29 is 49.3 Å². The summed E-state index contributed by atoms with van der Waals surface area (Å²) < 4.78 is 17.6. The Labute approximate surface area is 233 Å². The molecule has 0 amide bonds. The molecule has 208 valence electrons. The molecule has 0 aliphatic carbocycles. The van der Waals surface area contributed by atoms with Crippen LogP contribution in [0.3, 0.4) is 0 Å². The van der Waals surface area contributed by atoms with E-state index in [1.807, 2.05) is 0 Å². The van der Waals surface area contributed by atoms with Gasteiger partial charge in [-0.3, -0.25) is 9.59 Å². The Morgan fingerprint density at radius 1 is 0.732 bits per heavy atom. The lowest BCUT2D eigenvalue weighted by molar-refractivity contribution is 0.0739. The number of Topliss-reactive ketones (excluding diaryl/α,β-unsaturated/α-hetero) is 2. The second kappa shape index (κ2) is 9.67. The summed E-state index contributed by atoms with van der Waals surface area (Å²) in [5.74, 6) is -4.18. The van der Waals surface area contributed by atoms with Crippen molar-refractivity contribution in [2.24, 2.45) is 0 Å². The van der Waals surface area contributed by atoms with E-state index in [4.69, 9.17) is 14.2 Å². The molecule has 0 bridgehead atoms. The van der Waals surface area contributed by atoms with Crippen LogP contribution in [0.25, 0.3) is 0 Å². The number of fused-ring (bicyclic) bond motifs is 2. The number of benzene rings is 4. The molecule has 0 saturated heterocycles. The minimum atomic E-state index is -1.38. The first-order valence-corrected chi connectivity index (χ1v) is 12.6. The first kappa shape index (κ1) is 25.9. The van der Waals surface area contributed by atoms with Gasteiger partial charge in [-0.15, -0.1) is 0 Å². The molecule has 2 heterocycles. The second-order valence-electron chi connectivity index (χ2n) is 9.85. The first-order valence-electron chi connectivity index (χ1n) is 12.6. The Morgan fingerprint density at radius 2 is 1.39 bits per heavy atom. The molecule has 5 N–H and O–H groups in total. The SMILES string of the molecule is COc1ccc(C2CC(=O)c3c(O)cc(O)c(C4C(=O)c5c(O)cc(O)cc5OC4c4ccc(O)cc4)c3O2)cc1. The number of hydrogen-bond acceptors (Lipinski definition) is 10. The van der Waals surface area contributed by atoms with Gasteiger partial charge in [0.05, 0.1) is 25.0 Å². The highest BCUT2D eigenvalue weighted by Crippen LogP contribution is 2.55. The summed E-state index contributed by atoms with van der Waals surface area (Å²) in [4.78, 5) is 27.5. The molecule has 2 aliphatic heterocycles. The maximum Gasteiger partial charge on any atom is 0.182 e. The van der Waals surface area contributed by atoms with E-state index in [1.54, 1.807) is 24.3 Å². The molecule has 10 nitrogen and oxygen atoms in total. The van der Waals surface area contributed by atoms with Gasteiger partial charge < -0.3 is 39.7 Å². The van der Waals surface area contributed by atoms with Crippen molar-refractivity contribution in [2.75, 3.05) is 7.11 Å². The quantitative estimate of drug-likeness (QED) is 0.230. The highest BCUT2D eigenvalue weighted by atomic mass is 16.5. The van der Waals surface area contributed by atoms with Crippen LogP contribution in [0.5, 0.6) is 46.0 Å². The number of aromatic hydroxyl groups is 5. The van der Waals surface area contributed by atoms with Gasteiger partial charge in [0.1, 0.15) is 69.3 Å². The topological polar surface area (TPSA) is 163 Å². The van der Waals surface area contributed by atoms with Crippen LogP contribution in [0.1, 0.15) is 62.0 Å². The molecule has 0 aromatic heterocycles. The molecule has 4 aromatic rings. The lowest BCUT2D eigenvalue weighted by Gasteiger charge is -2.36. The summed E-state index contributed by atoms with van der Waals surface area (Å²) in [6.45, 7) is 0. The molecule has 0 spiro atoms. The zero-order valence-corrected chi connectivity index (χ0v) is 21.6. The van der Waals surface area contributed by atoms with E-state index >= 15 is 0 Å². The molecule has 10 heteroatoms. The zero-order valence-electron chi connectivity index (χ0n) is 21.6. The third-order valence-corrected chi connectivity index (χ3v) is 7.36. The monoisotopic (exact) mass is 556 g/mol. The molecular weight excluding hydrogens is 532 g/mol. The smallest absolute Gasteiger partial charge is 0.182 e. The van der Waals surface area contributed by atoms with Gasteiger partial charge in [-0.2, -0.15) is 0 Å². The largest absolute Gasteiger partial charge is 0.508 e. The molecule has 0 radical (unpaired) electrons. The minimum absolute atomic E-state index is 0.0377. The lowest BCUT2D eigenvalue weighted by atomic mass is 9.78. The molecule has 3 atom stereocenters. The molecule has 3 unspecified atom stereocenters. The van der Waals surface area contributed by atoms with Crippen molar-refractivity contribution in [3.63, 3.8) is 0 Å². The van der Waals surface area contributed by atoms with Crippen LogP contribution in [0.4, 0.5) is 0 Å². The van der Waals surface area contributed by atoms with E-state index < -0.39 is 46.9 Å². The number of methoxy groups -OCH3 is 1. The molecule has 6 rings (SSSR count). The summed E-state index contributed by atoms with van der Waals surface area (Å²) in [7, 11) is 1.52. The summed E-state index contributed by atoms with van der Waals surface area (Å²) in [6, 6.07) is 15.8. The van der Waals surface area contributed by atoms with Crippen LogP contribution >= 0.6 is 0 Å². The summed E-state index contributed by atoms with van der Waals surface area (Å²) >= 11 is 0. The molecule has 4 aromatic carbocycles. The van der Waals surface area contributed by atoms with Gasteiger partial charge in [0.2, 0.25) is 0 Å². The predicted octanol–water partition coefficient (Wildman–Crippen LogP) is 5.03. The number of rotatable bonds is 4. The van der Waals surface area contributed by atoms with Gasteiger partial charge in [-0.05, 0) is 35.4 Å². The van der Waals surface area contributed by atoms with E-state index in [2.05, 4.69) is 0 Å². The van der Waals surface area contributed by atoms with Crippen LogP contribution in [-0.2, 0) is 0 Å². The molecule has 41 heavy (non-hydrogen) atoms. The number of hydrogen-bond donors (Lipinski definition) is 5. The van der Waals surface area contributed by atoms with E-state index in [1.165, 1.54) is 37.4 Å². The molecule has 2 aliphatic rings. The van der Waals surface area contributed by atoms with Crippen molar-refractivity contribution in [1.29, 1.82) is 0 Å². The minimum Gasteiger partial charge on any atom is -0.508 e. The fraction of sp³-hybridized carbons (Fsp3) is 0.161. The number of carbonyl (C=O) groups excluding carboxylic acids is 2. The standard InChI is InChI=1S/C31H24O10/c1-39-18-8-4-14(5-9-18)23-13-22(37)25-20(35)12-21(36)27(31(25)40-23)28-29(38)26-19(34)10-17(33)11-24(26)41-30(28)15-2-6-16(32)7-3-15/h2-12,23,28,30,32-36H,13H2,1H3. The number of ether oxygens (including phenoxy) is 3. The fourth-order valence-corrected chi connectivity index (χ4v) is 5.43. The Kier molecular flexibility index (Phi) is 6.10. The van der Waals surface area contributed by atoms with Gasteiger partial charge in [0.15, 0.2) is 11.6 Å². The second-order valence-corrected chi connectivity index (χ2v) is 9.85. The van der Waals surface area contributed by atoms with Crippen molar-refractivity contribution in [1.82, 2.24) is 0 Å². The van der Waals surface area contributed by atoms with Gasteiger partial charge >= 0.3 is 0 Å². The van der Waals surface area contributed by atoms with Gasteiger partial charge in [0, 0.05) is 18.2 Å². The Balaban J connectivity index is 1.55. The zero-order chi connectivity index (χ0) is 29.0. The van der Waals surface area contributed by atoms with E-state index in [-0.39, 0.29) is 46.1 Å². The third-order valence-electron chi connectivity index (χ3n) is 7.36. The van der Waals surface area contributed by atoms with Crippen LogP contribution in [0.15, 0.2) is 66.7 Å². The number of ketones is 2. The third kappa shape index (κ3) is 4.29.